The molecule has 0 spiro atoms. The molecule has 0 atom stereocenters. The van der Waals surface area contributed by atoms with Crippen LogP contribution < -0.4 is 11.5 Å². The molecule has 0 aliphatic heterocycles. The summed E-state index contributed by atoms with van der Waals surface area (Å²) < 4.78 is 0. The van der Waals surface area contributed by atoms with Gasteiger partial charge in [-0.15, -0.1) is 0 Å². The van der Waals surface area contributed by atoms with E-state index in [9.17, 15) is 0 Å². The SMILES string of the molecule is CCCCCCCCc1ccc(CCCC)c(CCN)c1.CN.CO. The predicted molar refractivity (Wildman–Crippen MR) is 113 cm³/mol. The van der Waals surface area contributed by atoms with Gasteiger partial charge < -0.3 is 16.6 Å². The van der Waals surface area contributed by atoms with Gasteiger partial charge in [0.25, 0.3) is 0 Å². The van der Waals surface area contributed by atoms with Crippen LogP contribution in [-0.4, -0.2) is 25.8 Å². The van der Waals surface area contributed by atoms with Crippen molar-refractivity contribution < 1.29 is 5.11 Å². The minimum absolute atomic E-state index is 0.763. The quantitative estimate of drug-likeness (QED) is 0.481. The average Bonchev–Trinajstić information content (AvgIpc) is 2.67. The Bertz CT molecular complexity index is 380. The summed E-state index contributed by atoms with van der Waals surface area (Å²) in [4.78, 5) is 0. The maximum atomic E-state index is 7.00. The smallest absolute Gasteiger partial charge is 0.0319 e. The third-order valence-electron chi connectivity index (χ3n) is 4.30. The molecule has 5 N–H and O–H groups in total. The van der Waals surface area contributed by atoms with Crippen molar-refractivity contribution in [3.63, 3.8) is 0 Å². The number of benzene rings is 1. The van der Waals surface area contributed by atoms with Crippen LogP contribution in [0.5, 0.6) is 0 Å². The van der Waals surface area contributed by atoms with Crippen LogP contribution in [0.4, 0.5) is 0 Å². The van der Waals surface area contributed by atoms with Gasteiger partial charge in [0, 0.05) is 7.11 Å². The number of aliphatic hydroxyl groups is 1. The Labute approximate surface area is 157 Å². The predicted octanol–water partition coefficient (Wildman–Crippen LogP) is 4.62. The second-order valence-electron chi connectivity index (χ2n) is 6.26. The summed E-state index contributed by atoms with van der Waals surface area (Å²) >= 11 is 0. The first-order chi connectivity index (χ1) is 12.3. The molecule has 0 saturated carbocycles. The van der Waals surface area contributed by atoms with E-state index < -0.39 is 0 Å². The summed E-state index contributed by atoms with van der Waals surface area (Å²) in [7, 11) is 2.50. The highest BCUT2D eigenvalue weighted by Crippen LogP contribution is 2.17. The molecule has 0 aromatic heterocycles. The lowest BCUT2D eigenvalue weighted by Gasteiger charge is -2.11. The third-order valence-corrected chi connectivity index (χ3v) is 4.30. The Balaban J connectivity index is 0. The fourth-order valence-corrected chi connectivity index (χ4v) is 2.94. The van der Waals surface area contributed by atoms with Gasteiger partial charge in [-0.2, -0.15) is 0 Å². The van der Waals surface area contributed by atoms with Gasteiger partial charge >= 0.3 is 0 Å². The molecule has 0 aliphatic carbocycles. The van der Waals surface area contributed by atoms with Gasteiger partial charge in [0.15, 0.2) is 0 Å². The first-order valence-electron chi connectivity index (χ1n) is 10.1. The molecule has 1 rings (SSSR count). The number of aryl methyl sites for hydroxylation is 2. The molecule has 0 bridgehead atoms. The Kier molecular flexibility index (Phi) is 22.3. The number of aliphatic hydroxyl groups excluding tert-OH is 1. The highest BCUT2D eigenvalue weighted by molar-refractivity contribution is 5.32. The summed E-state index contributed by atoms with van der Waals surface area (Å²) in [5.41, 5.74) is 14.8. The molecular weight excluding hydrogens is 308 g/mol. The molecule has 0 heterocycles. The van der Waals surface area contributed by atoms with Gasteiger partial charge in [-0.3, -0.25) is 0 Å². The van der Waals surface area contributed by atoms with Crippen LogP contribution in [0.1, 0.15) is 81.9 Å². The molecule has 0 radical (unpaired) electrons. The van der Waals surface area contributed by atoms with E-state index in [0.717, 1.165) is 20.1 Å². The van der Waals surface area contributed by atoms with Gasteiger partial charge in [0.1, 0.15) is 0 Å². The van der Waals surface area contributed by atoms with Crippen molar-refractivity contribution in [3.8, 4) is 0 Å². The zero-order chi connectivity index (χ0) is 19.3. The largest absolute Gasteiger partial charge is 0.400 e. The lowest BCUT2D eigenvalue weighted by atomic mass is 9.95. The average molecular weight is 353 g/mol. The molecule has 1 aromatic carbocycles. The van der Waals surface area contributed by atoms with E-state index in [1.54, 1.807) is 0 Å². The van der Waals surface area contributed by atoms with Gasteiger partial charge in [-0.05, 0) is 62.4 Å². The van der Waals surface area contributed by atoms with E-state index in [2.05, 4.69) is 37.8 Å². The summed E-state index contributed by atoms with van der Waals surface area (Å²) in [6, 6.07) is 7.12. The Morgan fingerprint density at radius 3 is 1.92 bits per heavy atom. The Hall–Kier alpha value is -0.900. The zero-order valence-corrected chi connectivity index (χ0v) is 17.3. The van der Waals surface area contributed by atoms with Crippen molar-refractivity contribution in [2.75, 3.05) is 20.7 Å². The van der Waals surface area contributed by atoms with Gasteiger partial charge in [0.05, 0.1) is 0 Å². The molecule has 0 amide bonds. The number of rotatable bonds is 12. The first-order valence-corrected chi connectivity index (χ1v) is 10.1. The van der Waals surface area contributed by atoms with Gasteiger partial charge in [-0.25, -0.2) is 0 Å². The number of unbranched alkanes of at least 4 members (excludes halogenated alkanes) is 6. The molecule has 0 saturated heterocycles. The van der Waals surface area contributed by atoms with Gasteiger partial charge in [-0.1, -0.05) is 70.6 Å². The number of hydrogen-bond donors (Lipinski definition) is 3. The van der Waals surface area contributed by atoms with Crippen LogP contribution in [0.2, 0.25) is 0 Å². The fourth-order valence-electron chi connectivity index (χ4n) is 2.94. The van der Waals surface area contributed by atoms with E-state index in [4.69, 9.17) is 10.8 Å². The molecule has 0 unspecified atom stereocenters. The van der Waals surface area contributed by atoms with Crippen molar-refractivity contribution in [3.05, 3.63) is 34.9 Å². The number of hydrogen-bond acceptors (Lipinski definition) is 3. The standard InChI is InChI=1S/C20H35N.CH5N.CH4O/c1-3-5-7-8-9-10-11-18-13-14-19(12-6-4-2)20(17-18)15-16-21;2*1-2/h13-14,17H,3-12,15-16,21H2,1-2H3;2H2,1H3;2H,1H3. The zero-order valence-electron chi connectivity index (χ0n) is 17.3. The summed E-state index contributed by atoms with van der Waals surface area (Å²) in [6.45, 7) is 5.30. The number of nitrogens with two attached hydrogens (primary N) is 2. The van der Waals surface area contributed by atoms with Crippen LogP contribution in [0.3, 0.4) is 0 Å². The molecular formula is C22H44N2O. The molecule has 1 aromatic rings. The summed E-state index contributed by atoms with van der Waals surface area (Å²) in [6.07, 6.45) is 14.3. The molecule has 3 heteroatoms. The van der Waals surface area contributed by atoms with Gasteiger partial charge in [0.2, 0.25) is 0 Å². The lowest BCUT2D eigenvalue weighted by Crippen LogP contribution is -2.06. The van der Waals surface area contributed by atoms with Crippen molar-refractivity contribution in [1.82, 2.24) is 0 Å². The highest BCUT2D eigenvalue weighted by atomic mass is 16.2. The monoisotopic (exact) mass is 352 g/mol. The first kappa shape index (κ1) is 26.3. The molecule has 3 nitrogen and oxygen atoms in total. The van der Waals surface area contributed by atoms with Crippen LogP contribution >= 0.6 is 0 Å². The van der Waals surface area contributed by atoms with E-state index in [1.807, 2.05) is 0 Å². The minimum atomic E-state index is 0.763. The highest BCUT2D eigenvalue weighted by Gasteiger charge is 2.04. The summed E-state index contributed by atoms with van der Waals surface area (Å²) in [5.74, 6) is 0. The molecule has 0 fully saturated rings. The van der Waals surface area contributed by atoms with Crippen LogP contribution in [0.15, 0.2) is 18.2 Å². The molecule has 25 heavy (non-hydrogen) atoms. The van der Waals surface area contributed by atoms with E-state index in [-0.39, 0.29) is 0 Å². The second kappa shape index (κ2) is 21.1. The maximum absolute atomic E-state index is 7.00. The Morgan fingerprint density at radius 2 is 1.32 bits per heavy atom. The third kappa shape index (κ3) is 14.0. The minimum Gasteiger partial charge on any atom is -0.400 e. The molecule has 148 valence electrons. The molecule has 0 aliphatic rings. The van der Waals surface area contributed by atoms with Crippen molar-refractivity contribution in [2.24, 2.45) is 11.5 Å². The lowest BCUT2D eigenvalue weighted by molar-refractivity contribution is 0.399. The van der Waals surface area contributed by atoms with Crippen molar-refractivity contribution >= 4 is 0 Å². The topological polar surface area (TPSA) is 72.3 Å². The van der Waals surface area contributed by atoms with Crippen molar-refractivity contribution in [1.29, 1.82) is 0 Å². The van der Waals surface area contributed by atoms with Crippen molar-refractivity contribution in [2.45, 2.75) is 84.5 Å². The van der Waals surface area contributed by atoms with E-state index in [0.29, 0.717) is 0 Å². The van der Waals surface area contributed by atoms with E-state index >= 15 is 0 Å². The maximum Gasteiger partial charge on any atom is 0.0319 e. The summed E-state index contributed by atoms with van der Waals surface area (Å²) in [5, 5.41) is 7.00. The second-order valence-corrected chi connectivity index (χ2v) is 6.26. The Morgan fingerprint density at radius 1 is 0.720 bits per heavy atom. The van der Waals surface area contributed by atoms with E-state index in [1.165, 1.54) is 87.9 Å². The van der Waals surface area contributed by atoms with Crippen LogP contribution in [0, 0.1) is 0 Å². The normalized spacial score (nSPS) is 9.72. The van der Waals surface area contributed by atoms with Crippen LogP contribution in [0.25, 0.3) is 0 Å². The van der Waals surface area contributed by atoms with Crippen LogP contribution in [-0.2, 0) is 19.3 Å². The fraction of sp³-hybridized carbons (Fsp3) is 0.727.